The molecule has 2 aromatic heterocycles. The van der Waals surface area contributed by atoms with Gasteiger partial charge in [-0.3, -0.25) is 0 Å². The van der Waals surface area contributed by atoms with Crippen molar-refractivity contribution in [1.29, 1.82) is 0 Å². The van der Waals surface area contributed by atoms with Crippen molar-refractivity contribution in [2.24, 2.45) is 0 Å². The molecule has 0 saturated carbocycles. The molecule has 9 aromatic rings. The monoisotopic (exact) mass is 666 g/mol. The van der Waals surface area contributed by atoms with Gasteiger partial charge in [0.2, 0.25) is 0 Å². The number of fused-ring (bicyclic) bond motifs is 4. The molecule has 0 aliphatic carbocycles. The Morgan fingerprint density at radius 3 is 1.68 bits per heavy atom. The second kappa shape index (κ2) is 11.6. The van der Waals surface area contributed by atoms with Crippen molar-refractivity contribution >= 4 is 45.8 Å². The molecule has 0 atom stereocenters. The van der Waals surface area contributed by atoms with Gasteiger partial charge in [-0.15, -0.1) is 0 Å². The minimum atomic E-state index is 0.0787. The van der Waals surface area contributed by atoms with Crippen molar-refractivity contribution < 1.29 is 0 Å². The van der Waals surface area contributed by atoms with Gasteiger partial charge in [0.25, 0.3) is 0 Å². The van der Waals surface area contributed by atoms with E-state index >= 15 is 0 Å². The van der Waals surface area contributed by atoms with Gasteiger partial charge < -0.3 is 0 Å². The third-order valence-corrected chi connectivity index (χ3v) is 10.9. The van der Waals surface area contributed by atoms with Gasteiger partial charge in [0.15, 0.2) is 0 Å². The molecule has 47 heavy (non-hydrogen) atoms. The van der Waals surface area contributed by atoms with Crippen LogP contribution in [0.2, 0.25) is 0 Å². The van der Waals surface area contributed by atoms with Gasteiger partial charge in [0.05, 0.1) is 0 Å². The summed E-state index contributed by atoms with van der Waals surface area (Å²) in [7, 11) is 0. The van der Waals surface area contributed by atoms with Crippen molar-refractivity contribution in [2.45, 2.75) is 0 Å². The molecule has 4 nitrogen and oxygen atoms in total. The van der Waals surface area contributed by atoms with Crippen LogP contribution in [0.4, 0.5) is 0 Å². The van der Waals surface area contributed by atoms with E-state index in [4.69, 9.17) is 19.9 Å². The molecule has 0 amide bonds. The third-order valence-electron chi connectivity index (χ3n) is 8.53. The number of hydrogen-bond acceptors (Lipinski definition) is 4. The first kappa shape index (κ1) is 27.6. The summed E-state index contributed by atoms with van der Waals surface area (Å²) in [4.78, 5) is 20.3. The zero-order valence-corrected chi connectivity index (χ0v) is 26.9. The predicted octanol–water partition coefficient (Wildman–Crippen LogP) is 10.1. The van der Waals surface area contributed by atoms with Crippen LogP contribution in [0.1, 0.15) is 0 Å². The first-order valence-corrected chi connectivity index (χ1v) is 17.3. The van der Waals surface area contributed by atoms with Gasteiger partial charge in [-0.2, -0.15) is 0 Å². The van der Waals surface area contributed by atoms with E-state index < -0.39 is 0 Å². The molecular formula is C42H26N4Se. The first-order valence-electron chi connectivity index (χ1n) is 15.6. The standard InChI is InChI=1S/C42H26N4Se/c1-4-13-28(14-5-1)39-44-40(29-15-6-2-7-16-29)46-41(45-39)35-26-32(25-31-19-10-11-21-33(31)35)34-22-12-20-27-23-24-36-38(37(27)34)47-42(43-36)30-17-8-3-9-18-30/h1-26H. The zero-order chi connectivity index (χ0) is 31.2. The van der Waals surface area contributed by atoms with E-state index in [9.17, 15) is 0 Å². The Balaban J connectivity index is 1.30. The number of benzene rings is 7. The average Bonchev–Trinajstić information content (AvgIpc) is 3.60. The van der Waals surface area contributed by atoms with Crippen LogP contribution in [0.3, 0.4) is 0 Å². The summed E-state index contributed by atoms with van der Waals surface area (Å²) < 4.78 is 2.50. The molecule has 0 N–H and O–H groups in total. The van der Waals surface area contributed by atoms with Crippen molar-refractivity contribution in [3.05, 3.63) is 158 Å². The number of aromatic nitrogens is 4. The Morgan fingerprint density at radius 2 is 0.979 bits per heavy atom. The van der Waals surface area contributed by atoms with E-state index in [1.54, 1.807) is 0 Å². The normalized spacial score (nSPS) is 11.4. The first-order chi connectivity index (χ1) is 23.3. The Bertz CT molecular complexity index is 2500. The van der Waals surface area contributed by atoms with Gasteiger partial charge in [0.1, 0.15) is 0 Å². The summed E-state index contributed by atoms with van der Waals surface area (Å²) in [5, 5.41) is 4.73. The molecule has 5 heteroatoms. The zero-order valence-electron chi connectivity index (χ0n) is 25.2. The van der Waals surface area contributed by atoms with Crippen LogP contribution in [-0.4, -0.2) is 34.4 Å². The van der Waals surface area contributed by atoms with E-state index in [0.717, 1.165) is 38.5 Å². The molecule has 0 radical (unpaired) electrons. The van der Waals surface area contributed by atoms with Crippen LogP contribution in [0.15, 0.2) is 158 Å². The van der Waals surface area contributed by atoms with E-state index in [1.165, 1.54) is 30.7 Å². The number of nitrogens with zero attached hydrogens (tertiary/aromatic N) is 4. The summed E-state index contributed by atoms with van der Waals surface area (Å²) in [5.41, 5.74) is 7.47. The van der Waals surface area contributed by atoms with Gasteiger partial charge >= 0.3 is 267 Å². The van der Waals surface area contributed by atoms with Gasteiger partial charge in [0, 0.05) is 0 Å². The fourth-order valence-electron chi connectivity index (χ4n) is 6.28. The fourth-order valence-corrected chi connectivity index (χ4v) is 8.67. The Hall–Kier alpha value is -5.74. The molecule has 0 bridgehead atoms. The molecule has 7 aromatic carbocycles. The summed E-state index contributed by atoms with van der Waals surface area (Å²) >= 11 is 0.0787. The summed E-state index contributed by atoms with van der Waals surface area (Å²) in [6.07, 6.45) is 0. The Labute approximate surface area is 277 Å². The molecule has 2 heterocycles. The maximum atomic E-state index is 5.12. The van der Waals surface area contributed by atoms with Crippen molar-refractivity contribution in [3.8, 4) is 55.4 Å². The Morgan fingerprint density at radius 1 is 0.383 bits per heavy atom. The molecule has 0 spiro atoms. The quantitative estimate of drug-likeness (QED) is 0.172. The fraction of sp³-hybridized carbons (Fsp3) is 0. The maximum absolute atomic E-state index is 5.12. The van der Waals surface area contributed by atoms with Crippen LogP contribution in [-0.2, 0) is 0 Å². The SMILES string of the molecule is c1ccc(-c2nc(-c3ccccc3)nc(-c3cc(-c4cccc5ccc6nc(-c7ccccc7)[se]c6c45)cc4ccccc34)n2)cc1. The van der Waals surface area contributed by atoms with E-state index in [2.05, 4.69) is 97.1 Å². The predicted molar refractivity (Wildman–Crippen MR) is 194 cm³/mol. The van der Waals surface area contributed by atoms with Crippen LogP contribution in [0.5, 0.6) is 0 Å². The topological polar surface area (TPSA) is 51.6 Å². The van der Waals surface area contributed by atoms with Crippen molar-refractivity contribution in [3.63, 3.8) is 0 Å². The average molecular weight is 666 g/mol. The molecule has 0 aliphatic rings. The van der Waals surface area contributed by atoms with Crippen molar-refractivity contribution in [2.75, 3.05) is 0 Å². The van der Waals surface area contributed by atoms with Crippen molar-refractivity contribution in [1.82, 2.24) is 19.9 Å². The molecule has 9 rings (SSSR count). The van der Waals surface area contributed by atoms with Crippen LogP contribution < -0.4 is 0 Å². The van der Waals surface area contributed by atoms with E-state index in [1.807, 2.05) is 60.7 Å². The van der Waals surface area contributed by atoms with Crippen LogP contribution in [0, 0.1) is 0 Å². The second-order valence-corrected chi connectivity index (χ2v) is 13.6. The molecule has 220 valence electrons. The molecule has 0 unspecified atom stereocenters. The molecule has 0 saturated heterocycles. The summed E-state index contributed by atoms with van der Waals surface area (Å²) in [6, 6.07) is 54.9. The number of rotatable bonds is 5. The van der Waals surface area contributed by atoms with Gasteiger partial charge in [-0.25, -0.2) is 0 Å². The second-order valence-electron chi connectivity index (χ2n) is 11.5. The van der Waals surface area contributed by atoms with E-state index in [0.29, 0.717) is 17.5 Å². The molecular weight excluding hydrogens is 639 g/mol. The Kier molecular flexibility index (Phi) is 6.78. The van der Waals surface area contributed by atoms with Crippen LogP contribution in [0.25, 0.3) is 86.7 Å². The van der Waals surface area contributed by atoms with E-state index in [-0.39, 0.29) is 14.5 Å². The minimum absolute atomic E-state index is 0.0787. The molecule has 0 aliphatic heterocycles. The summed E-state index contributed by atoms with van der Waals surface area (Å²) in [6.45, 7) is 0. The number of hydrogen-bond donors (Lipinski definition) is 0. The third kappa shape index (κ3) is 5.03. The van der Waals surface area contributed by atoms with Crippen LogP contribution >= 0.6 is 0 Å². The van der Waals surface area contributed by atoms with Gasteiger partial charge in [-0.05, 0) is 0 Å². The molecule has 0 fully saturated rings. The van der Waals surface area contributed by atoms with Gasteiger partial charge in [-0.1, -0.05) is 12.1 Å². The summed E-state index contributed by atoms with van der Waals surface area (Å²) in [5.74, 6) is 1.96.